The standard InChI is InChI=1S/C13H6ClFN2O3/c14-11-6-10(3-1-8(11)7-16)20-13-5-9(15)2-4-12(13)17(18)19/h1-6H. The van der Waals surface area contributed by atoms with Crippen LogP contribution in [-0.4, -0.2) is 4.92 Å². The molecule has 5 nitrogen and oxygen atoms in total. The summed E-state index contributed by atoms with van der Waals surface area (Å²) in [6.45, 7) is 0. The second-order valence-electron chi connectivity index (χ2n) is 3.72. The van der Waals surface area contributed by atoms with Crippen molar-refractivity contribution in [3.05, 3.63) is 62.9 Å². The van der Waals surface area contributed by atoms with E-state index < -0.39 is 10.7 Å². The molecule has 0 bridgehead atoms. The Morgan fingerprint density at radius 1 is 1.30 bits per heavy atom. The second-order valence-corrected chi connectivity index (χ2v) is 4.13. The number of nitrogens with zero attached hydrogens (tertiary/aromatic N) is 2. The van der Waals surface area contributed by atoms with E-state index in [2.05, 4.69) is 0 Å². The van der Waals surface area contributed by atoms with E-state index in [1.54, 1.807) is 0 Å². The fourth-order valence-electron chi connectivity index (χ4n) is 1.50. The van der Waals surface area contributed by atoms with Gasteiger partial charge in [-0.3, -0.25) is 10.1 Å². The van der Waals surface area contributed by atoms with Gasteiger partial charge < -0.3 is 4.74 Å². The summed E-state index contributed by atoms with van der Waals surface area (Å²) in [5.74, 6) is -0.733. The highest BCUT2D eigenvalue weighted by Gasteiger charge is 2.17. The Kier molecular flexibility index (Phi) is 3.82. The van der Waals surface area contributed by atoms with E-state index in [1.165, 1.54) is 18.2 Å². The van der Waals surface area contributed by atoms with Gasteiger partial charge in [0.15, 0.2) is 0 Å². The molecular formula is C13H6ClFN2O3. The molecule has 0 aliphatic rings. The van der Waals surface area contributed by atoms with Crippen LogP contribution in [0.25, 0.3) is 0 Å². The smallest absolute Gasteiger partial charge is 0.311 e. The van der Waals surface area contributed by atoms with Crippen LogP contribution < -0.4 is 4.74 Å². The van der Waals surface area contributed by atoms with Gasteiger partial charge in [-0.2, -0.15) is 5.26 Å². The number of hydrogen-bond donors (Lipinski definition) is 0. The Hall–Kier alpha value is -2.65. The first-order chi connectivity index (χ1) is 9.51. The molecule has 0 fully saturated rings. The van der Waals surface area contributed by atoms with Gasteiger partial charge in [0.2, 0.25) is 5.75 Å². The molecule has 0 N–H and O–H groups in total. The molecule has 20 heavy (non-hydrogen) atoms. The highest BCUT2D eigenvalue weighted by Crippen LogP contribution is 2.33. The minimum atomic E-state index is -0.681. The lowest BCUT2D eigenvalue weighted by atomic mass is 10.2. The summed E-state index contributed by atoms with van der Waals surface area (Å²) in [6, 6.07) is 8.90. The third-order valence-corrected chi connectivity index (χ3v) is 2.72. The van der Waals surface area contributed by atoms with Gasteiger partial charge in [-0.1, -0.05) is 11.6 Å². The normalized spacial score (nSPS) is 9.85. The molecule has 2 aromatic rings. The van der Waals surface area contributed by atoms with Gasteiger partial charge >= 0.3 is 5.69 Å². The lowest BCUT2D eigenvalue weighted by Crippen LogP contribution is -1.94. The lowest BCUT2D eigenvalue weighted by molar-refractivity contribution is -0.385. The minimum absolute atomic E-state index is 0.143. The molecule has 0 unspecified atom stereocenters. The van der Waals surface area contributed by atoms with Crippen LogP contribution in [0, 0.1) is 27.3 Å². The Balaban J connectivity index is 2.39. The Bertz CT molecular complexity index is 728. The van der Waals surface area contributed by atoms with E-state index >= 15 is 0 Å². The molecule has 0 aliphatic heterocycles. The number of hydrogen-bond acceptors (Lipinski definition) is 4. The van der Waals surface area contributed by atoms with E-state index in [4.69, 9.17) is 21.6 Å². The average Bonchev–Trinajstić information content (AvgIpc) is 2.38. The fourth-order valence-corrected chi connectivity index (χ4v) is 1.71. The molecule has 0 saturated heterocycles. The van der Waals surface area contributed by atoms with Crippen molar-refractivity contribution in [1.82, 2.24) is 0 Å². The Labute approximate surface area is 117 Å². The van der Waals surface area contributed by atoms with E-state index in [-0.39, 0.29) is 27.8 Å². The molecule has 0 aliphatic carbocycles. The highest BCUT2D eigenvalue weighted by atomic mass is 35.5. The monoisotopic (exact) mass is 292 g/mol. The van der Waals surface area contributed by atoms with Crippen LogP contribution in [0.1, 0.15) is 5.56 Å². The van der Waals surface area contributed by atoms with Crippen molar-refractivity contribution in [3.63, 3.8) is 0 Å². The van der Waals surface area contributed by atoms with Crippen molar-refractivity contribution < 1.29 is 14.1 Å². The predicted octanol–water partition coefficient (Wildman–Crippen LogP) is 4.05. The first kappa shape index (κ1) is 13.8. The Morgan fingerprint density at radius 3 is 2.65 bits per heavy atom. The molecule has 0 saturated carbocycles. The van der Waals surface area contributed by atoms with Crippen LogP contribution in [0.2, 0.25) is 5.02 Å². The fraction of sp³-hybridized carbons (Fsp3) is 0. The summed E-state index contributed by atoms with van der Waals surface area (Å²) in [4.78, 5) is 10.1. The molecule has 7 heteroatoms. The van der Waals surface area contributed by atoms with Crippen molar-refractivity contribution >= 4 is 17.3 Å². The van der Waals surface area contributed by atoms with Gasteiger partial charge in [-0.15, -0.1) is 0 Å². The summed E-state index contributed by atoms with van der Waals surface area (Å²) in [7, 11) is 0. The predicted molar refractivity (Wildman–Crippen MR) is 69.3 cm³/mol. The molecule has 0 spiro atoms. The molecule has 100 valence electrons. The van der Waals surface area contributed by atoms with Gasteiger partial charge in [-0.05, 0) is 18.2 Å². The van der Waals surface area contributed by atoms with E-state index in [9.17, 15) is 14.5 Å². The molecular weight excluding hydrogens is 287 g/mol. The van der Waals surface area contributed by atoms with Crippen LogP contribution in [0.3, 0.4) is 0 Å². The maximum atomic E-state index is 13.1. The molecule has 0 radical (unpaired) electrons. The Morgan fingerprint density at radius 2 is 2.05 bits per heavy atom. The number of rotatable bonds is 3. The van der Waals surface area contributed by atoms with Gasteiger partial charge in [0.1, 0.15) is 17.6 Å². The van der Waals surface area contributed by atoms with Crippen LogP contribution in [0.4, 0.5) is 10.1 Å². The zero-order valence-electron chi connectivity index (χ0n) is 9.84. The number of nitro benzene ring substituents is 1. The third-order valence-electron chi connectivity index (χ3n) is 2.41. The SMILES string of the molecule is N#Cc1ccc(Oc2cc(F)ccc2[N+](=O)[O-])cc1Cl. The van der Waals surface area contributed by atoms with Crippen molar-refractivity contribution in [2.75, 3.05) is 0 Å². The zero-order valence-corrected chi connectivity index (χ0v) is 10.6. The van der Waals surface area contributed by atoms with E-state index in [0.29, 0.717) is 0 Å². The summed E-state index contributed by atoms with van der Waals surface area (Å²) in [5.41, 5.74) is -0.125. The molecule has 0 atom stereocenters. The topological polar surface area (TPSA) is 76.2 Å². The highest BCUT2D eigenvalue weighted by molar-refractivity contribution is 6.31. The van der Waals surface area contributed by atoms with Crippen LogP contribution in [0.5, 0.6) is 11.5 Å². The number of nitro groups is 1. The van der Waals surface area contributed by atoms with Crippen LogP contribution in [0.15, 0.2) is 36.4 Å². The summed E-state index contributed by atoms with van der Waals surface area (Å²) in [6.07, 6.45) is 0. The van der Waals surface area contributed by atoms with E-state index in [1.807, 2.05) is 6.07 Å². The van der Waals surface area contributed by atoms with Crippen molar-refractivity contribution in [1.29, 1.82) is 5.26 Å². The first-order valence-corrected chi connectivity index (χ1v) is 5.70. The van der Waals surface area contributed by atoms with Gasteiger partial charge in [0.05, 0.1) is 15.5 Å². The van der Waals surface area contributed by atoms with Gasteiger partial charge in [-0.25, -0.2) is 4.39 Å². The average molecular weight is 293 g/mol. The molecule has 0 aromatic heterocycles. The maximum absolute atomic E-state index is 13.1. The number of halogens is 2. The summed E-state index contributed by atoms with van der Waals surface area (Å²) < 4.78 is 18.4. The summed E-state index contributed by atoms with van der Waals surface area (Å²) in [5, 5.41) is 19.7. The number of benzene rings is 2. The maximum Gasteiger partial charge on any atom is 0.311 e. The molecule has 0 amide bonds. The second kappa shape index (κ2) is 5.55. The summed E-state index contributed by atoms with van der Waals surface area (Å²) >= 11 is 5.82. The number of nitriles is 1. The quantitative estimate of drug-likeness (QED) is 0.631. The van der Waals surface area contributed by atoms with Crippen molar-refractivity contribution in [2.24, 2.45) is 0 Å². The first-order valence-electron chi connectivity index (χ1n) is 5.32. The van der Waals surface area contributed by atoms with Crippen LogP contribution in [-0.2, 0) is 0 Å². The minimum Gasteiger partial charge on any atom is -0.450 e. The lowest BCUT2D eigenvalue weighted by Gasteiger charge is -2.07. The largest absolute Gasteiger partial charge is 0.450 e. The van der Waals surface area contributed by atoms with Crippen molar-refractivity contribution in [2.45, 2.75) is 0 Å². The number of ether oxygens (including phenoxy) is 1. The molecule has 2 rings (SSSR count). The van der Waals surface area contributed by atoms with Gasteiger partial charge in [0, 0.05) is 18.2 Å². The zero-order chi connectivity index (χ0) is 14.7. The third kappa shape index (κ3) is 2.84. The van der Waals surface area contributed by atoms with Gasteiger partial charge in [0.25, 0.3) is 0 Å². The van der Waals surface area contributed by atoms with E-state index in [0.717, 1.165) is 18.2 Å². The molecule has 0 heterocycles. The molecule has 2 aromatic carbocycles. The van der Waals surface area contributed by atoms with Crippen molar-refractivity contribution in [3.8, 4) is 17.6 Å². The van der Waals surface area contributed by atoms with Crippen LogP contribution >= 0.6 is 11.6 Å².